The molecule has 2 bridgehead atoms. The molecule has 4 fully saturated rings. The van der Waals surface area contributed by atoms with Crippen LogP contribution in [0.2, 0.25) is 0 Å². The van der Waals surface area contributed by atoms with Gasteiger partial charge in [0.15, 0.2) is 5.78 Å². The van der Waals surface area contributed by atoms with Gasteiger partial charge in [0.2, 0.25) is 0 Å². The average Bonchev–Trinajstić information content (AvgIpc) is 2.67. The highest BCUT2D eigenvalue weighted by Crippen LogP contribution is 2.70. The summed E-state index contributed by atoms with van der Waals surface area (Å²) in [7, 11) is 0. The van der Waals surface area contributed by atoms with E-state index >= 15 is 0 Å². The number of fused-ring (bicyclic) bond motifs is 3. The zero-order valence-corrected chi connectivity index (χ0v) is 15.3. The van der Waals surface area contributed by atoms with Crippen LogP contribution in [0.3, 0.4) is 0 Å². The van der Waals surface area contributed by atoms with E-state index in [-0.39, 0.29) is 22.4 Å². The summed E-state index contributed by atoms with van der Waals surface area (Å²) in [6, 6.07) is 0. The number of carbonyl (C=O) groups is 2. The zero-order chi connectivity index (χ0) is 17.3. The Kier molecular flexibility index (Phi) is 3.38. The summed E-state index contributed by atoms with van der Waals surface area (Å²) in [5.74, 6) is 1.43. The van der Waals surface area contributed by atoms with E-state index in [0.717, 1.165) is 56.9 Å². The van der Waals surface area contributed by atoms with Crippen LogP contribution >= 0.6 is 0 Å². The molecule has 4 saturated carbocycles. The molecule has 132 valence electrons. The fourth-order valence-corrected chi connectivity index (χ4v) is 7.50. The van der Waals surface area contributed by atoms with Crippen molar-refractivity contribution in [1.29, 1.82) is 0 Å². The Morgan fingerprint density at radius 3 is 2.58 bits per heavy atom. The van der Waals surface area contributed by atoms with E-state index in [1.54, 1.807) is 0 Å². The molecule has 24 heavy (non-hydrogen) atoms. The molecule has 0 heterocycles. The lowest BCUT2D eigenvalue weighted by Crippen LogP contribution is -2.61. The van der Waals surface area contributed by atoms with E-state index in [4.69, 9.17) is 4.74 Å². The Labute approximate surface area is 145 Å². The van der Waals surface area contributed by atoms with E-state index in [1.165, 1.54) is 6.92 Å². The smallest absolute Gasteiger partial charge is 0.303 e. The van der Waals surface area contributed by atoms with Gasteiger partial charge in [-0.3, -0.25) is 9.59 Å². The molecule has 4 aliphatic rings. The normalized spacial score (nSPS) is 50.2. The van der Waals surface area contributed by atoms with Gasteiger partial charge in [-0.1, -0.05) is 13.5 Å². The van der Waals surface area contributed by atoms with Crippen LogP contribution < -0.4 is 0 Å². The second-order valence-electron chi connectivity index (χ2n) is 9.40. The molecule has 0 aliphatic heterocycles. The second-order valence-corrected chi connectivity index (χ2v) is 9.40. The van der Waals surface area contributed by atoms with Gasteiger partial charge >= 0.3 is 5.97 Å². The molecule has 0 aromatic rings. The van der Waals surface area contributed by atoms with Gasteiger partial charge in [0.05, 0.1) is 0 Å². The van der Waals surface area contributed by atoms with Crippen LogP contribution in [0.1, 0.15) is 72.1 Å². The number of hydrogen-bond acceptors (Lipinski definition) is 3. The van der Waals surface area contributed by atoms with Crippen molar-refractivity contribution in [2.75, 3.05) is 0 Å². The van der Waals surface area contributed by atoms with E-state index in [1.807, 2.05) is 0 Å². The molecular formula is C21H30O3. The van der Waals surface area contributed by atoms with Crippen molar-refractivity contribution < 1.29 is 14.3 Å². The quantitative estimate of drug-likeness (QED) is 0.527. The Morgan fingerprint density at radius 1 is 1.12 bits per heavy atom. The van der Waals surface area contributed by atoms with Crippen LogP contribution in [0.4, 0.5) is 0 Å². The van der Waals surface area contributed by atoms with E-state index in [0.29, 0.717) is 23.5 Å². The molecule has 1 spiro atoms. The van der Waals surface area contributed by atoms with Crippen molar-refractivity contribution in [1.82, 2.24) is 0 Å². The van der Waals surface area contributed by atoms with Gasteiger partial charge in [-0.05, 0) is 81.1 Å². The van der Waals surface area contributed by atoms with Gasteiger partial charge in [0.25, 0.3) is 0 Å². The molecule has 0 aromatic carbocycles. The number of carbonyl (C=O) groups excluding carboxylic acids is 2. The minimum Gasteiger partial charge on any atom is -0.459 e. The maximum atomic E-state index is 13.1. The molecule has 6 atom stereocenters. The first-order chi connectivity index (χ1) is 11.2. The third-order valence-electron chi connectivity index (χ3n) is 8.29. The number of rotatable bonds is 1. The number of ether oxygens (including phenoxy) is 1. The maximum Gasteiger partial charge on any atom is 0.303 e. The lowest BCUT2D eigenvalue weighted by molar-refractivity contribution is -0.204. The van der Waals surface area contributed by atoms with Gasteiger partial charge < -0.3 is 4.74 Å². The standard InChI is InChI=1S/C21H30O3/c1-13-15-6-7-17-19(3)9-5-10-20(4,24-14(2)22)16(19)8-11-21(17,12-15)18(13)23/h15-17H,1,5-12H2,2-4H3/t15-,16+,17+,19-,20+,21-/m1/s1. The third-order valence-corrected chi connectivity index (χ3v) is 8.29. The molecule has 0 aromatic heterocycles. The topological polar surface area (TPSA) is 43.4 Å². The van der Waals surface area contributed by atoms with Crippen LogP contribution in [-0.4, -0.2) is 17.4 Å². The Hall–Kier alpha value is -1.12. The second kappa shape index (κ2) is 4.95. The van der Waals surface area contributed by atoms with Crippen LogP contribution in [-0.2, 0) is 14.3 Å². The molecule has 0 N–H and O–H groups in total. The Balaban J connectivity index is 1.74. The summed E-state index contributed by atoms with van der Waals surface area (Å²) in [6.45, 7) is 10.2. The third kappa shape index (κ3) is 1.90. The molecule has 0 saturated heterocycles. The summed E-state index contributed by atoms with van der Waals surface area (Å²) in [4.78, 5) is 24.8. The zero-order valence-electron chi connectivity index (χ0n) is 15.3. The van der Waals surface area contributed by atoms with Crippen molar-refractivity contribution in [3.05, 3.63) is 12.2 Å². The fraction of sp³-hybridized carbons (Fsp3) is 0.810. The Bertz CT molecular complexity index is 623. The first-order valence-corrected chi connectivity index (χ1v) is 9.66. The van der Waals surface area contributed by atoms with E-state index < -0.39 is 0 Å². The largest absolute Gasteiger partial charge is 0.459 e. The summed E-state index contributed by atoms with van der Waals surface area (Å²) < 4.78 is 5.88. The van der Waals surface area contributed by atoms with Gasteiger partial charge in [0, 0.05) is 18.3 Å². The van der Waals surface area contributed by atoms with Crippen molar-refractivity contribution in [2.45, 2.75) is 77.7 Å². The number of Topliss-reactive ketones (excluding diaryl/α,β-unsaturated/α-hetero) is 1. The molecular weight excluding hydrogens is 300 g/mol. The van der Waals surface area contributed by atoms with Gasteiger partial charge in [-0.25, -0.2) is 0 Å². The van der Waals surface area contributed by atoms with Gasteiger partial charge in [0.1, 0.15) is 5.60 Å². The summed E-state index contributed by atoms with van der Waals surface area (Å²) in [5.41, 5.74) is 0.486. The molecule has 0 amide bonds. The lowest BCUT2D eigenvalue weighted by atomic mass is 9.42. The van der Waals surface area contributed by atoms with Crippen molar-refractivity contribution >= 4 is 11.8 Å². The number of hydrogen-bond donors (Lipinski definition) is 0. The number of ketones is 1. The van der Waals surface area contributed by atoms with Crippen LogP contribution in [0, 0.1) is 28.6 Å². The van der Waals surface area contributed by atoms with E-state index in [2.05, 4.69) is 20.4 Å². The van der Waals surface area contributed by atoms with Crippen LogP contribution in [0.25, 0.3) is 0 Å². The highest BCUT2D eigenvalue weighted by molar-refractivity contribution is 6.03. The van der Waals surface area contributed by atoms with Crippen molar-refractivity contribution in [2.24, 2.45) is 28.6 Å². The summed E-state index contributed by atoms with van der Waals surface area (Å²) >= 11 is 0. The fourth-order valence-electron chi connectivity index (χ4n) is 7.50. The molecule has 0 radical (unpaired) electrons. The van der Waals surface area contributed by atoms with Gasteiger partial charge in [-0.2, -0.15) is 0 Å². The molecule has 0 unspecified atom stereocenters. The minimum absolute atomic E-state index is 0.103. The van der Waals surface area contributed by atoms with Crippen molar-refractivity contribution in [3.8, 4) is 0 Å². The van der Waals surface area contributed by atoms with Gasteiger partial charge in [-0.15, -0.1) is 0 Å². The first kappa shape index (κ1) is 16.4. The molecule has 3 nitrogen and oxygen atoms in total. The highest BCUT2D eigenvalue weighted by atomic mass is 16.6. The lowest BCUT2D eigenvalue weighted by Gasteiger charge is -2.62. The Morgan fingerprint density at radius 2 is 1.88 bits per heavy atom. The maximum absolute atomic E-state index is 13.1. The number of allylic oxidation sites excluding steroid dienone is 1. The summed E-state index contributed by atoms with van der Waals surface area (Å²) in [6.07, 6.45) is 8.44. The SMILES string of the molecule is C=C1C(=O)[C@@]23CC[C@H]4[C@@](C)(CCC[C@]4(C)OC(C)=O)[C@@H]2CC[C@@H]1C3. The molecule has 4 rings (SSSR count). The van der Waals surface area contributed by atoms with Crippen molar-refractivity contribution in [3.63, 3.8) is 0 Å². The summed E-state index contributed by atoms with van der Waals surface area (Å²) in [5, 5.41) is 0. The minimum atomic E-state index is -0.365. The average molecular weight is 330 g/mol. The number of esters is 1. The predicted octanol–water partition coefficient (Wildman–Crippen LogP) is 4.45. The highest BCUT2D eigenvalue weighted by Gasteiger charge is 2.67. The van der Waals surface area contributed by atoms with Crippen LogP contribution in [0.15, 0.2) is 12.2 Å². The monoisotopic (exact) mass is 330 g/mol. The predicted molar refractivity (Wildman–Crippen MR) is 92.3 cm³/mol. The molecule has 3 heteroatoms. The van der Waals surface area contributed by atoms with Crippen LogP contribution in [0.5, 0.6) is 0 Å². The van der Waals surface area contributed by atoms with E-state index in [9.17, 15) is 9.59 Å². The molecule has 4 aliphatic carbocycles. The first-order valence-electron chi connectivity index (χ1n) is 9.66.